The lowest BCUT2D eigenvalue weighted by Crippen LogP contribution is -2.18. The lowest BCUT2D eigenvalue weighted by atomic mass is 10.1. The van der Waals surface area contributed by atoms with Crippen LogP contribution in [0.4, 0.5) is 0 Å². The minimum atomic E-state index is -0.995. The molecule has 5 heteroatoms. The first kappa shape index (κ1) is 12.0. The van der Waals surface area contributed by atoms with E-state index in [0.717, 1.165) is 5.56 Å². The first-order chi connectivity index (χ1) is 7.49. The number of hydrogen-bond acceptors (Lipinski definition) is 3. The maximum absolute atomic E-state index is 10.7. The van der Waals surface area contributed by atoms with Crippen molar-refractivity contribution in [2.45, 2.75) is 19.9 Å². The van der Waals surface area contributed by atoms with Crippen molar-refractivity contribution >= 4 is 11.9 Å². The van der Waals surface area contributed by atoms with E-state index in [1.165, 1.54) is 13.0 Å². The van der Waals surface area contributed by atoms with E-state index in [1.807, 2.05) is 0 Å². The van der Waals surface area contributed by atoms with Gasteiger partial charge in [-0.1, -0.05) is 12.1 Å². The van der Waals surface area contributed by atoms with E-state index in [2.05, 4.69) is 5.32 Å². The van der Waals surface area contributed by atoms with Gasteiger partial charge in [0.15, 0.2) is 0 Å². The summed E-state index contributed by atoms with van der Waals surface area (Å²) in [5, 5.41) is 20.7. The molecule has 5 nitrogen and oxygen atoms in total. The number of carboxylic acid groups (broad SMARTS) is 1. The molecule has 0 saturated heterocycles. The predicted octanol–water partition coefficient (Wildman–Crippen LogP) is 0.655. The molecule has 1 aromatic carbocycles. The zero-order valence-corrected chi connectivity index (χ0v) is 8.86. The molecule has 1 amide bonds. The monoisotopic (exact) mass is 223 g/mol. The van der Waals surface area contributed by atoms with Crippen LogP contribution in [-0.2, 0) is 22.6 Å². The number of aliphatic carboxylic acids is 1. The van der Waals surface area contributed by atoms with Crippen LogP contribution in [0.2, 0.25) is 0 Å². The maximum atomic E-state index is 10.7. The molecule has 0 saturated carbocycles. The standard InChI is InChI=1S/C11H13NO4/c1-7(13)12-6-8-2-3-9(5-11(15)16)10(14)4-8/h2-4,14H,5-6H2,1H3,(H,12,13)(H,15,16). The first-order valence-electron chi connectivity index (χ1n) is 4.76. The topological polar surface area (TPSA) is 86.6 Å². The molecule has 0 heterocycles. The van der Waals surface area contributed by atoms with Gasteiger partial charge in [-0.3, -0.25) is 9.59 Å². The second kappa shape index (κ2) is 5.16. The van der Waals surface area contributed by atoms with Crippen molar-refractivity contribution in [3.8, 4) is 5.75 Å². The van der Waals surface area contributed by atoms with E-state index in [1.54, 1.807) is 12.1 Å². The molecule has 0 unspecified atom stereocenters. The highest BCUT2D eigenvalue weighted by atomic mass is 16.4. The van der Waals surface area contributed by atoms with Crippen molar-refractivity contribution in [3.63, 3.8) is 0 Å². The van der Waals surface area contributed by atoms with Crippen LogP contribution >= 0.6 is 0 Å². The zero-order chi connectivity index (χ0) is 12.1. The van der Waals surface area contributed by atoms with E-state index in [-0.39, 0.29) is 18.1 Å². The summed E-state index contributed by atoms with van der Waals surface area (Å²) < 4.78 is 0. The predicted molar refractivity (Wildman–Crippen MR) is 57.0 cm³/mol. The van der Waals surface area contributed by atoms with Gasteiger partial charge in [0, 0.05) is 19.0 Å². The third-order valence-corrected chi connectivity index (χ3v) is 2.03. The molecule has 3 N–H and O–H groups in total. The van der Waals surface area contributed by atoms with E-state index in [4.69, 9.17) is 5.11 Å². The van der Waals surface area contributed by atoms with Gasteiger partial charge in [0.25, 0.3) is 0 Å². The number of carboxylic acids is 1. The maximum Gasteiger partial charge on any atom is 0.307 e. The average molecular weight is 223 g/mol. The zero-order valence-electron chi connectivity index (χ0n) is 8.86. The number of aromatic hydroxyl groups is 1. The summed E-state index contributed by atoms with van der Waals surface area (Å²) >= 11 is 0. The molecule has 0 aliphatic heterocycles. The lowest BCUT2D eigenvalue weighted by molar-refractivity contribution is -0.136. The van der Waals surface area contributed by atoms with Crippen LogP contribution in [0.1, 0.15) is 18.1 Å². The third-order valence-electron chi connectivity index (χ3n) is 2.03. The summed E-state index contributed by atoms with van der Waals surface area (Å²) in [6.07, 6.45) is -0.216. The Labute approximate surface area is 92.7 Å². The van der Waals surface area contributed by atoms with Crippen molar-refractivity contribution in [2.75, 3.05) is 0 Å². The Morgan fingerprint density at radius 2 is 2.06 bits per heavy atom. The van der Waals surface area contributed by atoms with Gasteiger partial charge in [-0.2, -0.15) is 0 Å². The summed E-state index contributed by atoms with van der Waals surface area (Å²) in [6.45, 7) is 1.72. The van der Waals surface area contributed by atoms with Crippen molar-refractivity contribution in [1.29, 1.82) is 0 Å². The SMILES string of the molecule is CC(=O)NCc1ccc(CC(=O)O)c(O)c1. The molecule has 0 aliphatic rings. The average Bonchev–Trinajstić information content (AvgIpc) is 2.18. The number of phenolic OH excluding ortho intramolecular Hbond substituents is 1. The summed E-state index contributed by atoms with van der Waals surface area (Å²) in [5.74, 6) is -1.22. The summed E-state index contributed by atoms with van der Waals surface area (Å²) in [5.41, 5.74) is 1.08. The summed E-state index contributed by atoms with van der Waals surface area (Å²) in [6, 6.07) is 4.67. The van der Waals surface area contributed by atoms with Crippen LogP contribution in [0.25, 0.3) is 0 Å². The Hall–Kier alpha value is -2.04. The third kappa shape index (κ3) is 3.61. The van der Waals surface area contributed by atoms with Crippen molar-refractivity contribution in [3.05, 3.63) is 29.3 Å². The largest absolute Gasteiger partial charge is 0.508 e. The van der Waals surface area contributed by atoms with Gasteiger partial charge in [-0.15, -0.1) is 0 Å². The molecular weight excluding hydrogens is 210 g/mol. The van der Waals surface area contributed by atoms with E-state index >= 15 is 0 Å². The molecule has 0 aliphatic carbocycles. The lowest BCUT2D eigenvalue weighted by Gasteiger charge is -2.06. The number of nitrogens with one attached hydrogen (secondary N) is 1. The van der Waals surface area contributed by atoms with Gasteiger partial charge >= 0.3 is 5.97 Å². The minimum Gasteiger partial charge on any atom is -0.508 e. The van der Waals surface area contributed by atoms with Gasteiger partial charge in [0.1, 0.15) is 5.75 Å². The second-order valence-electron chi connectivity index (χ2n) is 3.44. The van der Waals surface area contributed by atoms with E-state index in [0.29, 0.717) is 12.1 Å². The number of amides is 1. The molecular formula is C11H13NO4. The molecule has 0 spiro atoms. The van der Waals surface area contributed by atoms with Crippen LogP contribution < -0.4 is 5.32 Å². The number of carbonyl (C=O) groups excluding carboxylic acids is 1. The Bertz CT molecular complexity index is 414. The molecule has 0 fully saturated rings. The fraction of sp³-hybridized carbons (Fsp3) is 0.273. The second-order valence-corrected chi connectivity index (χ2v) is 3.44. The first-order valence-corrected chi connectivity index (χ1v) is 4.76. The smallest absolute Gasteiger partial charge is 0.307 e. The molecule has 0 aromatic heterocycles. The molecule has 16 heavy (non-hydrogen) atoms. The van der Waals surface area contributed by atoms with Crippen LogP contribution in [0.15, 0.2) is 18.2 Å². The molecule has 86 valence electrons. The van der Waals surface area contributed by atoms with Crippen molar-refractivity contribution in [1.82, 2.24) is 5.32 Å². The van der Waals surface area contributed by atoms with Crippen LogP contribution in [0, 0.1) is 0 Å². The molecule has 1 rings (SSSR count). The number of phenols is 1. The van der Waals surface area contributed by atoms with Crippen LogP contribution in [0.3, 0.4) is 0 Å². The summed E-state index contributed by atoms with van der Waals surface area (Å²) in [7, 11) is 0. The van der Waals surface area contributed by atoms with Crippen molar-refractivity contribution in [2.24, 2.45) is 0 Å². The van der Waals surface area contributed by atoms with Gasteiger partial charge in [0.05, 0.1) is 6.42 Å². The number of rotatable bonds is 4. The highest BCUT2D eigenvalue weighted by Crippen LogP contribution is 2.19. The molecule has 0 atom stereocenters. The van der Waals surface area contributed by atoms with Crippen molar-refractivity contribution < 1.29 is 19.8 Å². The number of carbonyl (C=O) groups is 2. The molecule has 1 aromatic rings. The fourth-order valence-corrected chi connectivity index (χ4v) is 1.26. The fourth-order valence-electron chi connectivity index (χ4n) is 1.26. The Morgan fingerprint density at radius 3 is 2.56 bits per heavy atom. The van der Waals surface area contributed by atoms with Crippen LogP contribution in [0.5, 0.6) is 5.75 Å². The highest BCUT2D eigenvalue weighted by molar-refractivity contribution is 5.73. The van der Waals surface area contributed by atoms with Crippen LogP contribution in [-0.4, -0.2) is 22.1 Å². The Balaban J connectivity index is 2.74. The highest BCUT2D eigenvalue weighted by Gasteiger charge is 2.06. The quantitative estimate of drug-likeness (QED) is 0.699. The van der Waals surface area contributed by atoms with Gasteiger partial charge in [0.2, 0.25) is 5.91 Å². The minimum absolute atomic E-state index is 0.0646. The van der Waals surface area contributed by atoms with Gasteiger partial charge < -0.3 is 15.5 Å². The Kier molecular flexibility index (Phi) is 3.88. The van der Waals surface area contributed by atoms with E-state index < -0.39 is 5.97 Å². The van der Waals surface area contributed by atoms with Gasteiger partial charge in [-0.05, 0) is 11.6 Å². The Morgan fingerprint density at radius 1 is 1.38 bits per heavy atom. The van der Waals surface area contributed by atoms with Gasteiger partial charge in [-0.25, -0.2) is 0 Å². The number of benzene rings is 1. The summed E-state index contributed by atoms with van der Waals surface area (Å²) in [4.78, 5) is 21.1. The normalized spacial score (nSPS) is 9.81. The van der Waals surface area contributed by atoms with E-state index in [9.17, 15) is 14.7 Å². The molecule has 0 radical (unpaired) electrons. The molecule has 0 bridgehead atoms. The number of hydrogen-bond donors (Lipinski definition) is 3.